The zero-order valence-electron chi connectivity index (χ0n) is 17.6. The van der Waals surface area contributed by atoms with E-state index in [4.69, 9.17) is 16.3 Å². The summed E-state index contributed by atoms with van der Waals surface area (Å²) in [6.45, 7) is 2.84. The molecule has 1 heterocycles. The number of amides is 2. The minimum Gasteiger partial charge on any atom is -0.496 e. The van der Waals surface area contributed by atoms with Gasteiger partial charge in [0.05, 0.1) is 28.9 Å². The van der Waals surface area contributed by atoms with Gasteiger partial charge in [0.2, 0.25) is 5.91 Å². The second-order valence-corrected chi connectivity index (χ2v) is 8.01. The number of alkyl halides is 3. The topological polar surface area (TPSA) is 70.7 Å². The molecule has 1 aliphatic heterocycles. The van der Waals surface area contributed by atoms with Crippen molar-refractivity contribution in [2.75, 3.05) is 25.5 Å². The summed E-state index contributed by atoms with van der Waals surface area (Å²) in [6.07, 6.45) is -3.72. The number of carbonyl (C=O) groups excluding carboxylic acids is 2. The van der Waals surface area contributed by atoms with E-state index in [-0.39, 0.29) is 34.2 Å². The number of nitrogens with one attached hydrogen (secondary N) is 2. The fourth-order valence-corrected chi connectivity index (χ4v) is 3.86. The predicted molar refractivity (Wildman–Crippen MR) is 115 cm³/mol. The molecule has 2 aromatic carbocycles. The molecule has 2 N–H and O–H groups in total. The second-order valence-electron chi connectivity index (χ2n) is 7.61. The van der Waals surface area contributed by atoms with Crippen molar-refractivity contribution in [2.24, 2.45) is 0 Å². The van der Waals surface area contributed by atoms with E-state index in [1.54, 1.807) is 6.07 Å². The highest BCUT2D eigenvalue weighted by atomic mass is 35.5. The molecule has 10 heteroatoms. The summed E-state index contributed by atoms with van der Waals surface area (Å²) in [5.74, 6) is -0.434. The Balaban J connectivity index is 1.64. The average Bonchev–Trinajstić information content (AvgIpc) is 3.15. The quantitative estimate of drug-likeness (QED) is 0.660. The van der Waals surface area contributed by atoms with Gasteiger partial charge in [-0.05, 0) is 24.1 Å². The predicted octanol–water partition coefficient (Wildman–Crippen LogP) is 4.33. The molecule has 1 fully saturated rings. The molecule has 3 rings (SSSR count). The van der Waals surface area contributed by atoms with Crippen molar-refractivity contribution >= 4 is 29.1 Å². The Labute approximate surface area is 188 Å². The molecule has 2 amide bonds. The van der Waals surface area contributed by atoms with Crippen molar-refractivity contribution in [3.63, 3.8) is 0 Å². The molecule has 172 valence electrons. The van der Waals surface area contributed by atoms with E-state index in [9.17, 15) is 22.8 Å². The van der Waals surface area contributed by atoms with E-state index in [1.165, 1.54) is 32.2 Å². The van der Waals surface area contributed by atoms with Crippen LogP contribution in [-0.4, -0.2) is 43.0 Å². The molecule has 0 radical (unpaired) electrons. The van der Waals surface area contributed by atoms with Gasteiger partial charge >= 0.3 is 6.18 Å². The molecule has 1 atom stereocenters. The van der Waals surface area contributed by atoms with Crippen LogP contribution in [0, 0.1) is 0 Å². The van der Waals surface area contributed by atoms with Gasteiger partial charge in [-0.3, -0.25) is 14.5 Å². The van der Waals surface area contributed by atoms with E-state index in [1.807, 2.05) is 4.90 Å². The van der Waals surface area contributed by atoms with Crippen molar-refractivity contribution in [2.45, 2.75) is 32.1 Å². The molecule has 0 unspecified atom stereocenters. The summed E-state index contributed by atoms with van der Waals surface area (Å²) in [5, 5.41) is 5.69. The third-order valence-electron chi connectivity index (χ3n) is 5.11. The summed E-state index contributed by atoms with van der Waals surface area (Å²) in [5.41, 5.74) is 0.447. The lowest BCUT2D eigenvalue weighted by Crippen LogP contribution is -2.37. The maximum absolute atomic E-state index is 12.9. The Morgan fingerprint density at radius 3 is 2.66 bits per heavy atom. The van der Waals surface area contributed by atoms with Crippen LogP contribution in [-0.2, 0) is 17.5 Å². The van der Waals surface area contributed by atoms with Crippen LogP contribution in [0.4, 0.5) is 18.9 Å². The average molecular weight is 470 g/mol. The number of nitrogens with zero attached hydrogens (tertiary/aromatic N) is 1. The van der Waals surface area contributed by atoms with Gasteiger partial charge in [0.15, 0.2) is 0 Å². The molecule has 0 aromatic heterocycles. The maximum Gasteiger partial charge on any atom is 0.416 e. The second kappa shape index (κ2) is 9.79. The summed E-state index contributed by atoms with van der Waals surface area (Å²) >= 11 is 6.18. The Bertz CT molecular complexity index is 1010. The molecule has 0 saturated carbocycles. The molecule has 1 saturated heterocycles. The normalized spacial score (nSPS) is 16.6. The zero-order chi connectivity index (χ0) is 23.5. The summed E-state index contributed by atoms with van der Waals surface area (Å²) in [7, 11) is 1.41. The van der Waals surface area contributed by atoms with E-state index < -0.39 is 11.7 Å². The number of hydrogen-bond donors (Lipinski definition) is 2. The monoisotopic (exact) mass is 469 g/mol. The molecule has 0 bridgehead atoms. The molecular weight excluding hydrogens is 447 g/mol. The third kappa shape index (κ3) is 5.92. The van der Waals surface area contributed by atoms with Crippen molar-refractivity contribution in [3.05, 3.63) is 58.1 Å². The zero-order valence-corrected chi connectivity index (χ0v) is 18.3. The standard InChI is InChI=1S/C22H23ClF3N3O3/c1-13(30)27-19-10-20(32-2)17(9-18(19)23)21(31)28-16-6-7-29(12-16)11-14-4-3-5-15(8-14)22(24,25)26/h3-5,8-10,16H,6-7,11-12H2,1-2H3,(H,27,30)(H,28,31)/t16-/m0/s1. The Morgan fingerprint density at radius 1 is 1.25 bits per heavy atom. The van der Waals surface area contributed by atoms with Crippen LogP contribution in [0.3, 0.4) is 0 Å². The fraction of sp³-hybridized carbons (Fsp3) is 0.364. The number of halogens is 4. The number of hydrogen-bond acceptors (Lipinski definition) is 4. The first-order valence-corrected chi connectivity index (χ1v) is 10.3. The van der Waals surface area contributed by atoms with Crippen molar-refractivity contribution in [1.29, 1.82) is 0 Å². The van der Waals surface area contributed by atoms with E-state index in [2.05, 4.69) is 10.6 Å². The lowest BCUT2D eigenvalue weighted by Gasteiger charge is -2.18. The number of benzene rings is 2. The van der Waals surface area contributed by atoms with Gasteiger partial charge in [-0.1, -0.05) is 29.8 Å². The van der Waals surface area contributed by atoms with Gasteiger partial charge in [-0.15, -0.1) is 0 Å². The summed E-state index contributed by atoms with van der Waals surface area (Å²) in [6, 6.07) is 7.98. The first kappa shape index (κ1) is 23.9. The van der Waals surface area contributed by atoms with Crippen molar-refractivity contribution in [1.82, 2.24) is 10.2 Å². The van der Waals surface area contributed by atoms with Gasteiger partial charge in [-0.25, -0.2) is 0 Å². The van der Waals surface area contributed by atoms with Crippen LogP contribution in [0.2, 0.25) is 5.02 Å². The van der Waals surface area contributed by atoms with Crippen LogP contribution in [0.5, 0.6) is 5.75 Å². The lowest BCUT2D eigenvalue weighted by molar-refractivity contribution is -0.137. The highest BCUT2D eigenvalue weighted by Crippen LogP contribution is 2.32. The summed E-state index contributed by atoms with van der Waals surface area (Å²) < 4.78 is 44.0. The molecule has 32 heavy (non-hydrogen) atoms. The van der Waals surface area contributed by atoms with Crippen molar-refractivity contribution < 1.29 is 27.5 Å². The molecule has 2 aromatic rings. The SMILES string of the molecule is COc1cc(NC(C)=O)c(Cl)cc1C(=O)N[C@H]1CCN(Cc2cccc(C(F)(F)F)c2)C1. The van der Waals surface area contributed by atoms with Crippen LogP contribution < -0.4 is 15.4 Å². The highest BCUT2D eigenvalue weighted by molar-refractivity contribution is 6.34. The Morgan fingerprint density at radius 2 is 2.00 bits per heavy atom. The van der Waals surface area contributed by atoms with Gasteiger partial charge in [0, 0.05) is 38.7 Å². The minimum atomic E-state index is -4.38. The first-order chi connectivity index (χ1) is 15.1. The van der Waals surface area contributed by atoms with Crippen LogP contribution in [0.1, 0.15) is 34.8 Å². The number of carbonyl (C=O) groups is 2. The maximum atomic E-state index is 12.9. The number of methoxy groups -OCH3 is 1. The van der Waals surface area contributed by atoms with Gasteiger partial charge in [-0.2, -0.15) is 13.2 Å². The van der Waals surface area contributed by atoms with Crippen LogP contribution >= 0.6 is 11.6 Å². The molecule has 0 aliphatic carbocycles. The number of ether oxygens (including phenoxy) is 1. The summed E-state index contributed by atoms with van der Waals surface area (Å²) in [4.78, 5) is 26.1. The minimum absolute atomic E-state index is 0.174. The van der Waals surface area contributed by atoms with Crippen molar-refractivity contribution in [3.8, 4) is 5.75 Å². The number of anilines is 1. The van der Waals surface area contributed by atoms with E-state index in [0.717, 1.165) is 12.1 Å². The molecule has 0 spiro atoms. The Hall–Kier alpha value is -2.78. The largest absolute Gasteiger partial charge is 0.496 e. The Kier molecular flexibility index (Phi) is 7.30. The smallest absolute Gasteiger partial charge is 0.416 e. The van der Waals surface area contributed by atoms with Gasteiger partial charge < -0.3 is 15.4 Å². The van der Waals surface area contributed by atoms with Crippen LogP contribution in [0.25, 0.3) is 0 Å². The van der Waals surface area contributed by atoms with E-state index >= 15 is 0 Å². The van der Waals surface area contributed by atoms with Crippen LogP contribution in [0.15, 0.2) is 36.4 Å². The van der Waals surface area contributed by atoms with Gasteiger partial charge in [0.25, 0.3) is 5.91 Å². The lowest BCUT2D eigenvalue weighted by atomic mass is 10.1. The number of rotatable bonds is 6. The fourth-order valence-electron chi connectivity index (χ4n) is 3.65. The third-order valence-corrected chi connectivity index (χ3v) is 5.43. The van der Waals surface area contributed by atoms with E-state index in [0.29, 0.717) is 37.3 Å². The molecule has 6 nitrogen and oxygen atoms in total. The highest BCUT2D eigenvalue weighted by Gasteiger charge is 2.31. The van der Waals surface area contributed by atoms with Gasteiger partial charge in [0.1, 0.15) is 5.75 Å². The molecular formula is C22H23ClF3N3O3. The molecule has 1 aliphatic rings. The number of likely N-dealkylation sites (tertiary alicyclic amines) is 1. The first-order valence-electron chi connectivity index (χ1n) is 9.91.